The Morgan fingerprint density at radius 2 is 1.84 bits per heavy atom. The molecular formula is C24H28N2O5. The third-order valence-corrected chi connectivity index (χ3v) is 5.32. The summed E-state index contributed by atoms with van der Waals surface area (Å²) in [5.41, 5.74) is 2.72. The molecule has 1 aliphatic heterocycles. The summed E-state index contributed by atoms with van der Waals surface area (Å²) in [6.45, 7) is 1.84. The van der Waals surface area contributed by atoms with E-state index < -0.39 is 18.1 Å². The van der Waals surface area contributed by atoms with Gasteiger partial charge in [0.05, 0.1) is 19.8 Å². The van der Waals surface area contributed by atoms with Crippen LogP contribution in [0.1, 0.15) is 24.5 Å². The van der Waals surface area contributed by atoms with Crippen molar-refractivity contribution in [3.8, 4) is 0 Å². The van der Waals surface area contributed by atoms with E-state index in [-0.39, 0.29) is 25.0 Å². The molecule has 1 amide bonds. The number of esters is 2. The molecule has 0 saturated heterocycles. The van der Waals surface area contributed by atoms with Crippen LogP contribution in [-0.2, 0) is 36.7 Å². The molecule has 7 heteroatoms. The number of amides is 1. The molecule has 31 heavy (non-hydrogen) atoms. The summed E-state index contributed by atoms with van der Waals surface area (Å²) >= 11 is 0. The number of aryl methyl sites for hydroxylation is 1. The minimum absolute atomic E-state index is 0.182. The van der Waals surface area contributed by atoms with Crippen LogP contribution in [0, 0.1) is 0 Å². The van der Waals surface area contributed by atoms with Crippen LogP contribution in [0.3, 0.4) is 0 Å². The van der Waals surface area contributed by atoms with Gasteiger partial charge in [-0.25, -0.2) is 0 Å². The molecule has 0 fully saturated rings. The predicted molar refractivity (Wildman–Crippen MR) is 117 cm³/mol. The Balaban J connectivity index is 1.79. The molecule has 0 aromatic heterocycles. The Kier molecular flexibility index (Phi) is 7.78. The van der Waals surface area contributed by atoms with Crippen molar-refractivity contribution in [1.29, 1.82) is 0 Å². The number of rotatable bonds is 9. The second kappa shape index (κ2) is 10.7. The molecule has 2 aromatic rings. The van der Waals surface area contributed by atoms with E-state index in [9.17, 15) is 14.4 Å². The van der Waals surface area contributed by atoms with Crippen LogP contribution >= 0.6 is 0 Å². The molecule has 2 atom stereocenters. The van der Waals surface area contributed by atoms with Gasteiger partial charge in [-0.3, -0.25) is 24.6 Å². The van der Waals surface area contributed by atoms with Gasteiger partial charge in [0.1, 0.15) is 12.6 Å². The van der Waals surface area contributed by atoms with Crippen molar-refractivity contribution in [3.63, 3.8) is 0 Å². The molecule has 1 heterocycles. The van der Waals surface area contributed by atoms with Crippen molar-refractivity contribution in [2.45, 2.75) is 38.3 Å². The maximum Gasteiger partial charge on any atom is 0.325 e. The molecule has 0 saturated carbocycles. The number of hydrogen-bond donors (Lipinski definition) is 1. The number of nitrogens with zero attached hydrogens (tertiary/aromatic N) is 1. The summed E-state index contributed by atoms with van der Waals surface area (Å²) in [6.07, 6.45) is 1.58. The van der Waals surface area contributed by atoms with Gasteiger partial charge in [-0.2, -0.15) is 0 Å². The molecule has 1 aliphatic rings. The van der Waals surface area contributed by atoms with E-state index in [2.05, 4.69) is 5.32 Å². The number of anilines is 1. The number of carbonyl (C=O) groups excluding carboxylic acids is 3. The SMILES string of the molecule is CCOC(=O)C(CCc1ccccc1)NC1Cc2ccccc2N(CC(=O)OC)C1=O. The number of benzene rings is 2. The number of carbonyl (C=O) groups is 3. The minimum Gasteiger partial charge on any atom is -0.468 e. The maximum absolute atomic E-state index is 13.2. The molecule has 164 valence electrons. The fourth-order valence-electron chi connectivity index (χ4n) is 3.76. The highest BCUT2D eigenvalue weighted by Crippen LogP contribution is 2.28. The zero-order valence-corrected chi connectivity index (χ0v) is 17.9. The van der Waals surface area contributed by atoms with E-state index in [1.165, 1.54) is 12.0 Å². The van der Waals surface area contributed by atoms with Gasteiger partial charge in [0.25, 0.3) is 0 Å². The van der Waals surface area contributed by atoms with E-state index in [4.69, 9.17) is 9.47 Å². The van der Waals surface area contributed by atoms with Crippen molar-refractivity contribution >= 4 is 23.5 Å². The zero-order valence-electron chi connectivity index (χ0n) is 17.9. The number of hydrogen-bond acceptors (Lipinski definition) is 6. The van der Waals surface area contributed by atoms with Crippen molar-refractivity contribution in [2.24, 2.45) is 0 Å². The first-order valence-electron chi connectivity index (χ1n) is 10.5. The lowest BCUT2D eigenvalue weighted by Crippen LogP contribution is -2.56. The van der Waals surface area contributed by atoms with E-state index in [1.54, 1.807) is 6.92 Å². The second-order valence-electron chi connectivity index (χ2n) is 7.38. The molecule has 3 rings (SSSR count). The topological polar surface area (TPSA) is 84.9 Å². The molecule has 7 nitrogen and oxygen atoms in total. The van der Waals surface area contributed by atoms with Gasteiger partial charge in [-0.15, -0.1) is 0 Å². The third-order valence-electron chi connectivity index (χ3n) is 5.32. The predicted octanol–water partition coefficient (Wildman–Crippen LogP) is 2.27. The number of fused-ring (bicyclic) bond motifs is 1. The highest BCUT2D eigenvalue weighted by atomic mass is 16.5. The smallest absolute Gasteiger partial charge is 0.325 e. The van der Waals surface area contributed by atoms with Crippen molar-refractivity contribution < 1.29 is 23.9 Å². The van der Waals surface area contributed by atoms with Gasteiger partial charge < -0.3 is 9.47 Å². The summed E-state index contributed by atoms with van der Waals surface area (Å²) in [6, 6.07) is 16.0. The van der Waals surface area contributed by atoms with Crippen molar-refractivity contribution in [1.82, 2.24) is 5.32 Å². The van der Waals surface area contributed by atoms with Gasteiger partial charge in [-0.1, -0.05) is 48.5 Å². The number of ether oxygens (including phenoxy) is 2. The van der Waals surface area contributed by atoms with E-state index in [1.807, 2.05) is 54.6 Å². The fraction of sp³-hybridized carbons (Fsp3) is 0.375. The van der Waals surface area contributed by atoms with E-state index in [0.717, 1.165) is 11.1 Å². The molecular weight excluding hydrogens is 396 g/mol. The Labute approximate surface area is 182 Å². The standard InChI is InChI=1S/C24H28N2O5/c1-3-31-24(29)19(14-13-17-9-5-4-6-10-17)25-20-15-18-11-7-8-12-21(18)26(23(20)28)16-22(27)30-2/h4-12,19-20,25H,3,13-16H2,1-2H3. The first-order chi connectivity index (χ1) is 15.0. The van der Waals surface area contributed by atoms with Gasteiger partial charge >= 0.3 is 11.9 Å². The van der Waals surface area contributed by atoms with Crippen molar-refractivity contribution in [3.05, 3.63) is 65.7 Å². The monoisotopic (exact) mass is 424 g/mol. The van der Waals surface area contributed by atoms with Crippen LogP contribution in [0.5, 0.6) is 0 Å². The molecule has 2 unspecified atom stereocenters. The molecule has 0 bridgehead atoms. The van der Waals surface area contributed by atoms with Crippen LogP contribution in [0.25, 0.3) is 0 Å². The highest BCUT2D eigenvalue weighted by molar-refractivity contribution is 6.03. The Bertz CT molecular complexity index is 915. The average Bonchev–Trinajstić information content (AvgIpc) is 2.79. The number of nitrogens with one attached hydrogen (secondary N) is 1. The molecule has 0 radical (unpaired) electrons. The lowest BCUT2D eigenvalue weighted by molar-refractivity contribution is -0.146. The average molecular weight is 424 g/mol. The van der Waals surface area contributed by atoms with Crippen LogP contribution in [0.2, 0.25) is 0 Å². The van der Waals surface area contributed by atoms with E-state index in [0.29, 0.717) is 24.9 Å². The van der Waals surface area contributed by atoms with Gasteiger partial charge in [0.2, 0.25) is 5.91 Å². The summed E-state index contributed by atoms with van der Waals surface area (Å²) in [7, 11) is 1.29. The summed E-state index contributed by atoms with van der Waals surface area (Å²) in [5, 5.41) is 3.20. The first-order valence-corrected chi connectivity index (χ1v) is 10.5. The maximum atomic E-state index is 13.2. The Hall–Kier alpha value is -3.19. The highest BCUT2D eigenvalue weighted by Gasteiger charge is 2.36. The molecule has 0 spiro atoms. The molecule has 2 aromatic carbocycles. The van der Waals surface area contributed by atoms with Crippen LogP contribution in [0.15, 0.2) is 54.6 Å². The Morgan fingerprint density at radius 3 is 2.55 bits per heavy atom. The van der Waals surface area contributed by atoms with Gasteiger partial charge in [0, 0.05) is 5.69 Å². The lowest BCUT2D eigenvalue weighted by Gasteiger charge is -2.35. The van der Waals surface area contributed by atoms with Crippen molar-refractivity contribution in [2.75, 3.05) is 25.2 Å². The van der Waals surface area contributed by atoms with Gasteiger partial charge in [0.15, 0.2) is 0 Å². The molecule has 0 aliphatic carbocycles. The van der Waals surface area contributed by atoms with Crippen LogP contribution in [-0.4, -0.2) is 50.2 Å². The number of methoxy groups -OCH3 is 1. The zero-order chi connectivity index (χ0) is 22.2. The molecule has 1 N–H and O–H groups in total. The van der Waals surface area contributed by atoms with Crippen LogP contribution < -0.4 is 10.2 Å². The second-order valence-corrected chi connectivity index (χ2v) is 7.38. The number of para-hydroxylation sites is 1. The third kappa shape index (κ3) is 5.70. The quantitative estimate of drug-likeness (QED) is 0.622. The largest absolute Gasteiger partial charge is 0.468 e. The fourth-order valence-corrected chi connectivity index (χ4v) is 3.76. The minimum atomic E-state index is -0.648. The first kappa shape index (κ1) is 22.5. The normalized spacial score (nSPS) is 16.4. The van der Waals surface area contributed by atoms with Gasteiger partial charge in [-0.05, 0) is 43.4 Å². The summed E-state index contributed by atoms with van der Waals surface area (Å²) < 4.78 is 10.0. The summed E-state index contributed by atoms with van der Waals surface area (Å²) in [5.74, 6) is -1.16. The lowest BCUT2D eigenvalue weighted by atomic mass is 9.95. The van der Waals surface area contributed by atoms with Crippen LogP contribution in [0.4, 0.5) is 5.69 Å². The Morgan fingerprint density at radius 1 is 1.13 bits per heavy atom. The summed E-state index contributed by atoms with van der Waals surface area (Å²) in [4.78, 5) is 39.2. The van der Waals surface area contributed by atoms with E-state index >= 15 is 0 Å².